The maximum Gasteiger partial charge on any atom is 0.0670 e. The van der Waals surface area contributed by atoms with Gasteiger partial charge in [0, 0.05) is 11.8 Å². The fourth-order valence-corrected chi connectivity index (χ4v) is 5.20. The molecule has 3 nitrogen and oxygen atoms in total. The van der Waals surface area contributed by atoms with Crippen LogP contribution in [0.15, 0.2) is 12.2 Å². The van der Waals surface area contributed by atoms with Crippen molar-refractivity contribution in [3.63, 3.8) is 0 Å². The smallest absolute Gasteiger partial charge is 0.0670 e. The van der Waals surface area contributed by atoms with Gasteiger partial charge in [-0.05, 0) is 43.9 Å². The van der Waals surface area contributed by atoms with Crippen molar-refractivity contribution in [2.45, 2.75) is 51.4 Å². The first-order valence-corrected chi connectivity index (χ1v) is 6.97. The first kappa shape index (κ1) is 12.6. The second kappa shape index (κ2) is 3.38. The summed E-state index contributed by atoms with van der Waals surface area (Å²) in [5.41, 5.74) is 0.187. The molecule has 3 N–H and O–H groups in total. The second-order valence-corrected chi connectivity index (χ2v) is 7.35. The van der Waals surface area contributed by atoms with Crippen molar-refractivity contribution in [1.82, 2.24) is 0 Å². The van der Waals surface area contributed by atoms with E-state index in [-0.39, 0.29) is 29.1 Å². The summed E-state index contributed by atoms with van der Waals surface area (Å²) in [4.78, 5) is 0. The molecule has 3 rings (SSSR count). The maximum absolute atomic E-state index is 10.5. The Hall–Kier alpha value is -0.380. The van der Waals surface area contributed by atoms with E-state index >= 15 is 0 Å². The van der Waals surface area contributed by atoms with Crippen LogP contribution in [0.2, 0.25) is 0 Å². The summed E-state index contributed by atoms with van der Waals surface area (Å²) < 4.78 is 0. The van der Waals surface area contributed by atoms with Gasteiger partial charge >= 0.3 is 0 Å². The van der Waals surface area contributed by atoms with E-state index in [4.69, 9.17) is 0 Å². The molecule has 0 saturated heterocycles. The molecule has 18 heavy (non-hydrogen) atoms. The van der Waals surface area contributed by atoms with E-state index in [1.807, 2.05) is 13.8 Å². The maximum atomic E-state index is 10.5. The van der Waals surface area contributed by atoms with E-state index in [0.29, 0.717) is 0 Å². The van der Waals surface area contributed by atoms with Crippen molar-refractivity contribution in [2.24, 2.45) is 29.1 Å². The number of hydrogen-bond acceptors (Lipinski definition) is 3. The quantitative estimate of drug-likeness (QED) is 0.617. The molecule has 3 heteroatoms. The molecule has 102 valence electrons. The van der Waals surface area contributed by atoms with Crippen LogP contribution in [0.4, 0.5) is 0 Å². The van der Waals surface area contributed by atoms with E-state index in [1.54, 1.807) is 0 Å². The third-order valence-electron chi connectivity index (χ3n) is 6.13. The van der Waals surface area contributed by atoms with Crippen LogP contribution in [-0.2, 0) is 0 Å². The van der Waals surface area contributed by atoms with Crippen LogP contribution in [0.3, 0.4) is 0 Å². The average Bonchev–Trinajstić information content (AvgIpc) is 2.60. The normalized spacial score (nSPS) is 55.1. The van der Waals surface area contributed by atoms with Crippen LogP contribution in [0.5, 0.6) is 0 Å². The molecule has 2 bridgehead atoms. The zero-order chi connectivity index (χ0) is 13.5. The highest BCUT2D eigenvalue weighted by Gasteiger charge is 2.69. The van der Waals surface area contributed by atoms with Crippen LogP contribution < -0.4 is 0 Å². The largest absolute Gasteiger partial charge is 0.392 e. The van der Waals surface area contributed by atoms with Crippen LogP contribution >= 0.6 is 0 Å². The molecule has 0 radical (unpaired) electrons. The molecule has 0 aromatic rings. The van der Waals surface area contributed by atoms with E-state index in [0.717, 1.165) is 18.4 Å². The standard InChI is InChI=1S/C15H24O3/c1-7-9-12(16)10-8(14(2,3)18)5-6-15(7,4)11(10)13(9)17/h8-13,16-18H,1,5-6H2,2-4H3/t8-,9?,10-,11+,12-,13+,15-/m0/s1. The average molecular weight is 252 g/mol. The Morgan fingerprint density at radius 2 is 1.89 bits per heavy atom. The predicted octanol–water partition coefficient (Wildman–Crippen LogP) is 1.33. The Morgan fingerprint density at radius 3 is 2.39 bits per heavy atom. The summed E-state index contributed by atoms with van der Waals surface area (Å²) in [5.74, 6) is -0.0436. The molecule has 3 fully saturated rings. The van der Waals surface area contributed by atoms with Crippen molar-refractivity contribution in [2.75, 3.05) is 0 Å². The number of hydrogen-bond donors (Lipinski definition) is 3. The zero-order valence-electron chi connectivity index (χ0n) is 11.4. The molecular formula is C15H24O3. The van der Waals surface area contributed by atoms with Crippen molar-refractivity contribution >= 4 is 0 Å². The SMILES string of the molecule is C=C1C2[C@@H](O)[C@H]3[C@@H]([C@H]2O)[C@@H](C(C)(C)O)CC[C@@]13C. The number of aliphatic hydroxyl groups excluding tert-OH is 2. The van der Waals surface area contributed by atoms with Crippen molar-refractivity contribution in [1.29, 1.82) is 0 Å². The molecule has 3 saturated carbocycles. The highest BCUT2D eigenvalue weighted by atomic mass is 16.3. The summed E-state index contributed by atoms with van der Waals surface area (Å²) in [7, 11) is 0. The zero-order valence-corrected chi connectivity index (χ0v) is 11.4. The third-order valence-corrected chi connectivity index (χ3v) is 6.13. The Bertz CT molecular complexity index is 397. The van der Waals surface area contributed by atoms with Crippen LogP contribution in [0, 0.1) is 29.1 Å². The molecule has 7 atom stereocenters. The number of fused-ring (bicyclic) bond motifs is 1. The van der Waals surface area contributed by atoms with E-state index in [2.05, 4.69) is 13.5 Å². The van der Waals surface area contributed by atoms with Crippen LogP contribution in [-0.4, -0.2) is 33.1 Å². The molecule has 0 aromatic heterocycles. The molecule has 0 aromatic carbocycles. The van der Waals surface area contributed by atoms with E-state index in [1.165, 1.54) is 0 Å². The fraction of sp³-hybridized carbons (Fsp3) is 0.867. The minimum Gasteiger partial charge on any atom is -0.392 e. The van der Waals surface area contributed by atoms with Gasteiger partial charge in [-0.1, -0.05) is 19.1 Å². The summed E-state index contributed by atoms with van der Waals surface area (Å²) in [5, 5.41) is 31.2. The van der Waals surface area contributed by atoms with Crippen molar-refractivity contribution in [3.8, 4) is 0 Å². The van der Waals surface area contributed by atoms with Gasteiger partial charge in [-0.2, -0.15) is 0 Å². The summed E-state index contributed by atoms with van der Waals surface area (Å²) in [6.45, 7) is 9.94. The monoisotopic (exact) mass is 252 g/mol. The molecular weight excluding hydrogens is 228 g/mol. The Morgan fingerprint density at radius 1 is 1.28 bits per heavy atom. The summed E-state index contributed by atoms with van der Waals surface area (Å²) >= 11 is 0. The third kappa shape index (κ3) is 1.25. The summed E-state index contributed by atoms with van der Waals surface area (Å²) in [6, 6.07) is 0. The van der Waals surface area contributed by atoms with Gasteiger partial charge in [0.2, 0.25) is 0 Å². The van der Waals surface area contributed by atoms with Gasteiger partial charge in [-0.15, -0.1) is 0 Å². The van der Waals surface area contributed by atoms with Gasteiger partial charge in [-0.3, -0.25) is 0 Å². The molecule has 3 aliphatic carbocycles. The second-order valence-electron chi connectivity index (χ2n) is 7.35. The minimum absolute atomic E-state index is 0.00856. The Balaban J connectivity index is 2.04. The van der Waals surface area contributed by atoms with Gasteiger partial charge < -0.3 is 15.3 Å². The van der Waals surface area contributed by atoms with Gasteiger partial charge in [0.05, 0.1) is 17.8 Å². The van der Waals surface area contributed by atoms with Crippen molar-refractivity contribution < 1.29 is 15.3 Å². The number of rotatable bonds is 1. The number of aliphatic hydroxyl groups is 3. The molecule has 0 amide bonds. The predicted molar refractivity (Wildman–Crippen MR) is 68.8 cm³/mol. The first-order valence-electron chi connectivity index (χ1n) is 6.97. The van der Waals surface area contributed by atoms with Gasteiger partial charge in [0.25, 0.3) is 0 Å². The molecule has 0 spiro atoms. The lowest BCUT2D eigenvalue weighted by Gasteiger charge is -2.53. The lowest BCUT2D eigenvalue weighted by molar-refractivity contribution is -0.110. The molecule has 0 heterocycles. The fourth-order valence-electron chi connectivity index (χ4n) is 5.20. The highest BCUT2D eigenvalue weighted by molar-refractivity contribution is 5.34. The van der Waals surface area contributed by atoms with Gasteiger partial charge in [0.15, 0.2) is 0 Å². The lowest BCUT2D eigenvalue weighted by atomic mass is 9.53. The van der Waals surface area contributed by atoms with E-state index < -0.39 is 17.8 Å². The van der Waals surface area contributed by atoms with Crippen molar-refractivity contribution in [3.05, 3.63) is 12.2 Å². The molecule has 3 aliphatic rings. The summed E-state index contributed by atoms with van der Waals surface area (Å²) in [6.07, 6.45) is 0.841. The lowest BCUT2D eigenvalue weighted by Crippen LogP contribution is -2.53. The molecule has 0 aliphatic heterocycles. The van der Waals surface area contributed by atoms with E-state index in [9.17, 15) is 15.3 Å². The topological polar surface area (TPSA) is 60.7 Å². The molecule has 1 unspecified atom stereocenters. The Kier molecular flexibility index (Phi) is 2.38. The highest BCUT2D eigenvalue weighted by Crippen LogP contribution is 2.68. The minimum atomic E-state index is -0.793. The van der Waals surface area contributed by atoms with Crippen LogP contribution in [0.25, 0.3) is 0 Å². The Labute approximate surface area is 109 Å². The first-order chi connectivity index (χ1) is 8.19. The van der Waals surface area contributed by atoms with Gasteiger partial charge in [-0.25, -0.2) is 0 Å². The van der Waals surface area contributed by atoms with Gasteiger partial charge in [0.1, 0.15) is 0 Å². The van der Waals surface area contributed by atoms with Crippen LogP contribution in [0.1, 0.15) is 33.6 Å².